The molecule has 0 amide bonds. The molecule has 1 aliphatic carbocycles. The minimum Gasteiger partial charge on any atom is -0.497 e. The molecule has 1 saturated carbocycles. The van der Waals surface area contributed by atoms with E-state index >= 15 is 0 Å². The highest BCUT2D eigenvalue weighted by molar-refractivity contribution is 6.22. The van der Waals surface area contributed by atoms with Crippen LogP contribution in [0.4, 0.5) is 10.1 Å². The number of hydrogen-bond acceptors (Lipinski definition) is 6. The number of Topliss-reactive ketones (excluding diaryl/α,β-unsaturated/α-hetero) is 1. The number of rotatable bonds is 7. The molecule has 3 unspecified atom stereocenters. The first-order valence-electron chi connectivity index (χ1n) is 12.5. The molecule has 2 aliphatic heterocycles. The van der Waals surface area contributed by atoms with Crippen molar-refractivity contribution in [2.45, 2.75) is 31.5 Å². The van der Waals surface area contributed by atoms with Crippen LogP contribution in [0, 0.1) is 11.7 Å². The zero-order valence-corrected chi connectivity index (χ0v) is 20.2. The topological polar surface area (TPSA) is 51.2 Å². The Labute approximate surface area is 206 Å². The predicted octanol–water partition coefficient (Wildman–Crippen LogP) is 4.15. The summed E-state index contributed by atoms with van der Waals surface area (Å²) in [4.78, 5) is 17.8. The second-order valence-electron chi connectivity index (χ2n) is 9.52. The monoisotopic (exact) mass is 480 g/mol. The number of halogens is 1. The quantitative estimate of drug-likeness (QED) is 0.594. The summed E-state index contributed by atoms with van der Waals surface area (Å²) < 4.78 is 30.6. The minimum atomic E-state index is -0.199. The zero-order chi connectivity index (χ0) is 24.2. The van der Waals surface area contributed by atoms with Crippen LogP contribution in [0.2, 0.25) is 0 Å². The van der Waals surface area contributed by atoms with Crippen molar-refractivity contribution in [2.75, 3.05) is 51.3 Å². The fourth-order valence-corrected chi connectivity index (χ4v) is 5.32. The second kappa shape index (κ2) is 10.8. The normalized spacial score (nSPS) is 25.0. The molecule has 3 atom stereocenters. The number of piperazine rings is 1. The number of methoxy groups -OCH3 is 1. The van der Waals surface area contributed by atoms with Crippen LogP contribution < -0.4 is 9.64 Å². The molecule has 2 heterocycles. The Hall–Kier alpha value is -2.90. The Morgan fingerprint density at radius 3 is 2.46 bits per heavy atom. The van der Waals surface area contributed by atoms with Gasteiger partial charge in [0.05, 0.1) is 37.6 Å². The molecule has 0 radical (unpaired) electrons. The van der Waals surface area contributed by atoms with E-state index in [0.717, 1.165) is 69.0 Å². The van der Waals surface area contributed by atoms with Crippen LogP contribution in [0.25, 0.3) is 5.57 Å². The van der Waals surface area contributed by atoms with Crippen molar-refractivity contribution in [3.63, 3.8) is 0 Å². The summed E-state index contributed by atoms with van der Waals surface area (Å²) in [6, 6.07) is 14.3. The zero-order valence-electron chi connectivity index (χ0n) is 20.2. The third kappa shape index (κ3) is 5.52. The van der Waals surface area contributed by atoms with Crippen molar-refractivity contribution in [1.29, 1.82) is 0 Å². The SMILES string of the molecule is COc1ccc(C2=COC3CC(OCCN4CCN(c5ccc(F)cc5)CC4)CCC3C2=O)cc1. The first-order chi connectivity index (χ1) is 17.1. The van der Waals surface area contributed by atoms with Crippen LogP contribution in [-0.4, -0.2) is 69.3 Å². The third-order valence-electron chi connectivity index (χ3n) is 7.43. The number of ether oxygens (including phenoxy) is 3. The Bertz CT molecular complexity index is 1030. The van der Waals surface area contributed by atoms with Gasteiger partial charge >= 0.3 is 0 Å². The van der Waals surface area contributed by atoms with E-state index in [1.807, 2.05) is 36.4 Å². The Morgan fingerprint density at radius 1 is 1.00 bits per heavy atom. The summed E-state index contributed by atoms with van der Waals surface area (Å²) in [5.41, 5.74) is 2.59. The molecule has 5 rings (SSSR count). The lowest BCUT2D eigenvalue weighted by Gasteiger charge is -2.38. The van der Waals surface area contributed by atoms with Gasteiger partial charge in [-0.2, -0.15) is 0 Å². The van der Waals surface area contributed by atoms with Crippen molar-refractivity contribution in [3.8, 4) is 5.75 Å². The van der Waals surface area contributed by atoms with Gasteiger partial charge in [-0.3, -0.25) is 9.69 Å². The lowest BCUT2D eigenvalue weighted by atomic mass is 9.78. The van der Waals surface area contributed by atoms with E-state index in [4.69, 9.17) is 14.2 Å². The molecule has 0 bridgehead atoms. The minimum absolute atomic E-state index is 0.100. The molecule has 7 heteroatoms. The summed E-state index contributed by atoms with van der Waals surface area (Å²) in [6.45, 7) is 5.36. The third-order valence-corrected chi connectivity index (χ3v) is 7.43. The molecular weight excluding hydrogens is 447 g/mol. The average Bonchev–Trinajstić information content (AvgIpc) is 2.90. The maximum Gasteiger partial charge on any atom is 0.173 e. The second-order valence-corrected chi connectivity index (χ2v) is 9.52. The Morgan fingerprint density at radius 2 is 1.74 bits per heavy atom. The molecule has 1 saturated heterocycles. The fourth-order valence-electron chi connectivity index (χ4n) is 5.32. The van der Waals surface area contributed by atoms with Crippen molar-refractivity contribution < 1.29 is 23.4 Å². The number of benzene rings is 2. The van der Waals surface area contributed by atoms with E-state index < -0.39 is 0 Å². The maximum absolute atomic E-state index is 13.2. The standard InChI is InChI=1S/C28H33FN2O4/c1-33-23-8-2-20(3-9-23)26-19-35-27-18-24(10-11-25(27)28(26)32)34-17-16-30-12-14-31(15-13-30)22-6-4-21(29)5-7-22/h2-9,19,24-25,27H,10-18H2,1H3. The van der Waals surface area contributed by atoms with Crippen LogP contribution in [0.3, 0.4) is 0 Å². The Balaban J connectivity index is 1.06. The van der Waals surface area contributed by atoms with Crippen molar-refractivity contribution in [3.05, 3.63) is 66.2 Å². The van der Waals surface area contributed by atoms with Gasteiger partial charge in [-0.15, -0.1) is 0 Å². The lowest BCUT2D eigenvalue weighted by Crippen LogP contribution is -2.47. The fraction of sp³-hybridized carbons (Fsp3) is 0.464. The molecule has 2 aromatic carbocycles. The first-order valence-corrected chi connectivity index (χ1v) is 12.5. The molecule has 186 valence electrons. The van der Waals surface area contributed by atoms with Gasteiger partial charge in [0.2, 0.25) is 0 Å². The van der Waals surface area contributed by atoms with Crippen molar-refractivity contribution in [1.82, 2.24) is 4.90 Å². The molecule has 0 spiro atoms. The van der Waals surface area contributed by atoms with Gasteiger partial charge in [0.15, 0.2) is 5.78 Å². The number of allylic oxidation sites excluding steroid dienone is 1. The summed E-state index contributed by atoms with van der Waals surface area (Å²) in [5.74, 6) is 0.638. The molecule has 2 fully saturated rings. The van der Waals surface area contributed by atoms with E-state index in [1.165, 1.54) is 12.1 Å². The van der Waals surface area contributed by atoms with Gasteiger partial charge < -0.3 is 19.1 Å². The van der Waals surface area contributed by atoms with Gasteiger partial charge in [-0.25, -0.2) is 4.39 Å². The molecular formula is C28H33FN2O4. The largest absolute Gasteiger partial charge is 0.497 e. The molecule has 3 aliphatic rings. The predicted molar refractivity (Wildman–Crippen MR) is 133 cm³/mol. The van der Waals surface area contributed by atoms with E-state index in [2.05, 4.69) is 9.80 Å². The van der Waals surface area contributed by atoms with Crippen molar-refractivity contribution >= 4 is 17.0 Å². The number of carbonyl (C=O) groups excluding carboxylic acids is 1. The lowest BCUT2D eigenvalue weighted by molar-refractivity contribution is -0.128. The van der Waals surface area contributed by atoms with Gasteiger partial charge in [0.25, 0.3) is 0 Å². The van der Waals surface area contributed by atoms with E-state index in [-0.39, 0.29) is 29.7 Å². The summed E-state index contributed by atoms with van der Waals surface area (Å²) in [6.07, 6.45) is 4.07. The van der Waals surface area contributed by atoms with E-state index in [9.17, 15) is 9.18 Å². The van der Waals surface area contributed by atoms with Gasteiger partial charge in [-0.05, 0) is 54.8 Å². The number of anilines is 1. The average molecular weight is 481 g/mol. The van der Waals surface area contributed by atoms with Crippen LogP contribution in [0.15, 0.2) is 54.8 Å². The van der Waals surface area contributed by atoms with Gasteiger partial charge in [0, 0.05) is 44.8 Å². The van der Waals surface area contributed by atoms with Crippen LogP contribution in [0.5, 0.6) is 5.75 Å². The van der Waals surface area contributed by atoms with Crippen LogP contribution in [-0.2, 0) is 14.3 Å². The number of fused-ring (bicyclic) bond motifs is 1. The summed E-state index contributed by atoms with van der Waals surface area (Å²) in [7, 11) is 1.63. The molecule has 6 nitrogen and oxygen atoms in total. The first kappa shape index (κ1) is 23.8. The highest BCUT2D eigenvalue weighted by Gasteiger charge is 2.40. The number of hydrogen-bond donors (Lipinski definition) is 0. The number of ketones is 1. The molecule has 2 aromatic rings. The van der Waals surface area contributed by atoms with Crippen LogP contribution >= 0.6 is 0 Å². The summed E-state index contributed by atoms with van der Waals surface area (Å²) in [5, 5.41) is 0. The summed E-state index contributed by atoms with van der Waals surface area (Å²) >= 11 is 0. The highest BCUT2D eigenvalue weighted by Crippen LogP contribution is 2.37. The van der Waals surface area contributed by atoms with E-state index in [1.54, 1.807) is 13.4 Å². The molecule has 0 N–H and O–H groups in total. The van der Waals surface area contributed by atoms with E-state index in [0.29, 0.717) is 12.2 Å². The molecule has 0 aromatic heterocycles. The smallest absolute Gasteiger partial charge is 0.173 e. The van der Waals surface area contributed by atoms with Gasteiger partial charge in [0.1, 0.15) is 17.7 Å². The molecule has 35 heavy (non-hydrogen) atoms. The van der Waals surface area contributed by atoms with Gasteiger partial charge in [-0.1, -0.05) is 12.1 Å². The van der Waals surface area contributed by atoms with Crippen molar-refractivity contribution in [2.24, 2.45) is 5.92 Å². The number of nitrogens with zero attached hydrogens (tertiary/aromatic N) is 2. The maximum atomic E-state index is 13.2. The highest BCUT2D eigenvalue weighted by atomic mass is 19.1. The number of carbonyl (C=O) groups is 1. The Kier molecular flexibility index (Phi) is 7.35. The van der Waals surface area contributed by atoms with Crippen LogP contribution in [0.1, 0.15) is 24.8 Å².